The van der Waals surface area contributed by atoms with E-state index < -0.39 is 17.7 Å². The van der Waals surface area contributed by atoms with Crippen molar-refractivity contribution < 1.29 is 13.6 Å². The molecule has 0 fully saturated rings. The fraction of sp³-hybridized carbons (Fsp3) is 0.133. The minimum Gasteiger partial charge on any atom is -0.365 e. The molecule has 4 aromatic rings. The Morgan fingerprint density at radius 3 is 2.87 bits per heavy atom. The lowest BCUT2D eigenvalue weighted by Gasteiger charge is -2.16. The zero-order chi connectivity index (χ0) is 26.5. The molecule has 2 aromatic carbocycles. The number of fused-ring (bicyclic) bond motifs is 1. The van der Waals surface area contributed by atoms with Crippen LogP contribution < -0.4 is 10.6 Å². The van der Waals surface area contributed by atoms with Crippen LogP contribution >= 0.6 is 11.3 Å². The van der Waals surface area contributed by atoms with E-state index in [0.717, 1.165) is 45.1 Å². The van der Waals surface area contributed by atoms with Gasteiger partial charge in [-0.2, -0.15) is 0 Å². The Morgan fingerprint density at radius 2 is 2.00 bits per heavy atom. The highest BCUT2D eigenvalue weighted by Crippen LogP contribution is 2.33. The van der Waals surface area contributed by atoms with Crippen LogP contribution in [0.4, 0.5) is 20.3 Å². The first-order valence-electron chi connectivity index (χ1n) is 12.1. The van der Waals surface area contributed by atoms with Crippen LogP contribution in [0.5, 0.6) is 0 Å². The lowest BCUT2D eigenvalue weighted by atomic mass is 10.0. The van der Waals surface area contributed by atoms with Gasteiger partial charge in [-0.25, -0.2) is 13.8 Å². The maximum atomic E-state index is 13.6. The Labute approximate surface area is 223 Å². The van der Waals surface area contributed by atoms with Gasteiger partial charge in [0.2, 0.25) is 0 Å². The van der Waals surface area contributed by atoms with Crippen LogP contribution in [-0.4, -0.2) is 17.1 Å². The Kier molecular flexibility index (Phi) is 7.54. The van der Waals surface area contributed by atoms with Gasteiger partial charge in [0.05, 0.1) is 23.8 Å². The van der Waals surface area contributed by atoms with Crippen molar-refractivity contribution in [2.24, 2.45) is 4.99 Å². The van der Waals surface area contributed by atoms with Crippen LogP contribution in [0.25, 0.3) is 10.4 Å². The van der Waals surface area contributed by atoms with E-state index in [4.69, 9.17) is 0 Å². The third-order valence-electron chi connectivity index (χ3n) is 6.12. The minimum absolute atomic E-state index is 0.364. The number of aliphatic imine (C=N–C) groups is 1. The maximum absolute atomic E-state index is 13.6. The number of pyridine rings is 1. The fourth-order valence-electron chi connectivity index (χ4n) is 4.09. The molecule has 0 saturated heterocycles. The highest BCUT2D eigenvalue weighted by Gasteiger charge is 2.17. The van der Waals surface area contributed by atoms with Crippen molar-refractivity contribution >= 4 is 35.0 Å². The van der Waals surface area contributed by atoms with Crippen LogP contribution in [0.1, 0.15) is 39.3 Å². The average molecular weight is 527 g/mol. The SMILES string of the molecule is CC(NC(=O)c1cccnc1NCc1ccc(-c2ccc3c(c2)CC=C=CC=N3)s1)c1ccc(F)c(F)c1. The summed E-state index contributed by atoms with van der Waals surface area (Å²) in [6, 6.07) is 16.8. The Bertz CT molecular complexity index is 1590. The molecule has 0 aliphatic carbocycles. The first-order chi connectivity index (χ1) is 18.5. The second-order valence-corrected chi connectivity index (χ2v) is 9.92. The lowest BCUT2D eigenvalue weighted by molar-refractivity contribution is 0.0940. The molecule has 38 heavy (non-hydrogen) atoms. The van der Waals surface area contributed by atoms with Crippen LogP contribution in [0.2, 0.25) is 0 Å². The van der Waals surface area contributed by atoms with E-state index in [1.54, 1.807) is 48.9 Å². The van der Waals surface area contributed by atoms with Crippen molar-refractivity contribution in [3.05, 3.63) is 118 Å². The van der Waals surface area contributed by atoms with E-state index in [1.165, 1.54) is 6.07 Å². The molecule has 1 amide bonds. The standard InChI is InChI=1S/C30H24F2N4OS/c1-19(20-8-11-25(31)26(32)17-20)36-30(37)24-7-5-15-34-29(24)35-18-23-10-13-28(38-23)22-9-12-27-21(16-22)6-3-2-4-14-33-27/h3-5,7-17,19H,6,18H2,1H3,(H,34,35)(H,36,37). The molecule has 8 heteroatoms. The molecule has 0 saturated carbocycles. The summed E-state index contributed by atoms with van der Waals surface area (Å²) in [6.45, 7) is 2.20. The summed E-state index contributed by atoms with van der Waals surface area (Å²) in [7, 11) is 0. The third kappa shape index (κ3) is 5.78. The maximum Gasteiger partial charge on any atom is 0.255 e. The average Bonchev–Trinajstić information content (AvgIpc) is 3.38. The number of amides is 1. The number of carbonyl (C=O) groups is 1. The van der Waals surface area contributed by atoms with E-state index in [2.05, 4.69) is 50.6 Å². The number of aromatic nitrogens is 1. The zero-order valence-corrected chi connectivity index (χ0v) is 21.4. The summed E-state index contributed by atoms with van der Waals surface area (Å²) in [5, 5.41) is 6.10. The largest absolute Gasteiger partial charge is 0.365 e. The van der Waals surface area contributed by atoms with E-state index in [-0.39, 0.29) is 5.91 Å². The van der Waals surface area contributed by atoms with E-state index in [9.17, 15) is 13.6 Å². The molecule has 190 valence electrons. The summed E-state index contributed by atoms with van der Waals surface area (Å²) in [5.74, 6) is -1.80. The topological polar surface area (TPSA) is 66.4 Å². The molecule has 1 aliphatic heterocycles. The molecule has 3 heterocycles. The van der Waals surface area contributed by atoms with Gasteiger partial charge >= 0.3 is 0 Å². The summed E-state index contributed by atoms with van der Waals surface area (Å²) in [6.07, 6.45) is 7.94. The fourth-order valence-corrected chi connectivity index (χ4v) is 5.04. The predicted octanol–water partition coefficient (Wildman–Crippen LogP) is 7.16. The first-order valence-corrected chi connectivity index (χ1v) is 12.9. The summed E-state index contributed by atoms with van der Waals surface area (Å²) >= 11 is 1.66. The molecule has 0 spiro atoms. The van der Waals surface area contributed by atoms with Crippen LogP contribution in [-0.2, 0) is 13.0 Å². The normalized spacial score (nSPS) is 12.9. The van der Waals surface area contributed by atoms with Crippen LogP contribution in [0.15, 0.2) is 89.7 Å². The van der Waals surface area contributed by atoms with Gasteiger partial charge in [0.25, 0.3) is 5.91 Å². The summed E-state index contributed by atoms with van der Waals surface area (Å²) in [4.78, 5) is 24.0. The quantitative estimate of drug-likeness (QED) is 0.251. The number of carbonyl (C=O) groups excluding carboxylic acids is 1. The zero-order valence-electron chi connectivity index (χ0n) is 20.5. The number of rotatable bonds is 7. The Morgan fingerprint density at radius 1 is 1.11 bits per heavy atom. The molecule has 5 rings (SSSR count). The van der Waals surface area contributed by atoms with Gasteiger partial charge in [-0.05, 0) is 84.3 Å². The van der Waals surface area contributed by atoms with Crippen molar-refractivity contribution in [3.63, 3.8) is 0 Å². The number of hydrogen-bond acceptors (Lipinski definition) is 5. The third-order valence-corrected chi connectivity index (χ3v) is 7.26. The van der Waals surface area contributed by atoms with E-state index >= 15 is 0 Å². The molecule has 0 bridgehead atoms. The van der Waals surface area contributed by atoms with E-state index in [1.807, 2.05) is 12.1 Å². The molecule has 5 nitrogen and oxygen atoms in total. The van der Waals surface area contributed by atoms with Crippen molar-refractivity contribution in [1.29, 1.82) is 0 Å². The monoisotopic (exact) mass is 526 g/mol. The van der Waals surface area contributed by atoms with Gasteiger partial charge in [0.15, 0.2) is 11.6 Å². The molecule has 0 radical (unpaired) electrons. The Balaban J connectivity index is 1.26. The number of halogens is 2. The van der Waals surface area contributed by atoms with Crippen molar-refractivity contribution in [1.82, 2.24) is 10.3 Å². The second kappa shape index (κ2) is 11.3. The number of nitrogens with zero attached hydrogens (tertiary/aromatic N) is 2. The van der Waals surface area contributed by atoms with Gasteiger partial charge in [-0.3, -0.25) is 9.79 Å². The first kappa shape index (κ1) is 25.3. The Hall–Kier alpha value is -4.39. The minimum atomic E-state index is -0.952. The van der Waals surface area contributed by atoms with E-state index in [0.29, 0.717) is 23.5 Å². The molecule has 2 N–H and O–H groups in total. The summed E-state index contributed by atoms with van der Waals surface area (Å²) in [5.41, 5.74) is 7.15. The van der Waals surface area contributed by atoms with Gasteiger partial charge in [0.1, 0.15) is 5.82 Å². The number of hydrogen-bond donors (Lipinski definition) is 2. The smallest absolute Gasteiger partial charge is 0.255 e. The predicted molar refractivity (Wildman–Crippen MR) is 148 cm³/mol. The molecule has 2 aromatic heterocycles. The highest BCUT2D eigenvalue weighted by atomic mass is 32.1. The molecule has 1 atom stereocenters. The number of benzene rings is 2. The molecular weight excluding hydrogens is 502 g/mol. The van der Waals surface area contributed by atoms with Crippen molar-refractivity contribution in [2.45, 2.75) is 25.9 Å². The van der Waals surface area contributed by atoms with Crippen molar-refractivity contribution in [3.8, 4) is 10.4 Å². The van der Waals surface area contributed by atoms with Gasteiger partial charge in [0, 0.05) is 28.6 Å². The highest BCUT2D eigenvalue weighted by molar-refractivity contribution is 7.15. The molecular formula is C30H24F2N4OS. The van der Waals surface area contributed by atoms with Crippen LogP contribution in [0.3, 0.4) is 0 Å². The van der Waals surface area contributed by atoms with Crippen molar-refractivity contribution in [2.75, 3.05) is 5.32 Å². The van der Waals surface area contributed by atoms with Gasteiger partial charge < -0.3 is 10.6 Å². The summed E-state index contributed by atoms with van der Waals surface area (Å²) < 4.78 is 26.9. The van der Waals surface area contributed by atoms with Gasteiger partial charge in [-0.1, -0.05) is 12.1 Å². The number of allylic oxidation sites excluding steroid dienone is 1. The second-order valence-electron chi connectivity index (χ2n) is 8.75. The number of thiophene rings is 1. The van der Waals surface area contributed by atoms with Gasteiger partial charge in [-0.15, -0.1) is 17.1 Å². The number of nitrogens with one attached hydrogen (secondary N) is 2. The molecule has 1 unspecified atom stereocenters. The lowest BCUT2D eigenvalue weighted by Crippen LogP contribution is -2.27. The molecule has 1 aliphatic rings. The van der Waals surface area contributed by atoms with Crippen LogP contribution in [0, 0.1) is 11.6 Å². The number of anilines is 1.